The first-order valence-electron chi connectivity index (χ1n) is 6.67. The maximum absolute atomic E-state index is 12.2. The van der Waals surface area contributed by atoms with Crippen LogP contribution >= 0.6 is 0 Å². The van der Waals surface area contributed by atoms with Crippen LogP contribution in [0.4, 0.5) is 0 Å². The summed E-state index contributed by atoms with van der Waals surface area (Å²) in [4.78, 5) is 13.3. The molecular formula is C13H23N3O4S. The van der Waals surface area contributed by atoms with Crippen molar-refractivity contribution in [2.75, 3.05) is 13.1 Å². The smallest absolute Gasteiger partial charge is 0.246 e. The lowest BCUT2D eigenvalue weighted by Crippen LogP contribution is -2.48. The first-order valence-corrected chi connectivity index (χ1v) is 8.16. The number of carbonyl (C=O) groups excluding carboxylic acids is 1. The fourth-order valence-electron chi connectivity index (χ4n) is 2.19. The third-order valence-corrected chi connectivity index (χ3v) is 4.76. The summed E-state index contributed by atoms with van der Waals surface area (Å²) in [5.74, 6) is 0.151. The maximum Gasteiger partial charge on any atom is 0.246 e. The lowest BCUT2D eigenvalue weighted by Gasteiger charge is -2.35. The fraction of sp³-hybridized carbons (Fsp3) is 0.692. The Morgan fingerprint density at radius 1 is 1.33 bits per heavy atom. The first-order chi connectivity index (χ1) is 9.47. The molecule has 0 aliphatic carbocycles. The highest BCUT2D eigenvalue weighted by molar-refractivity contribution is 7.89. The van der Waals surface area contributed by atoms with Crippen molar-refractivity contribution in [2.45, 2.75) is 52.0 Å². The predicted octanol–water partition coefficient (Wildman–Crippen LogP) is 1.22. The molecule has 0 fully saturated rings. The molecule has 1 N–H and O–H groups in total. The number of amides is 1. The standard InChI is InChI=1S/C13H23N3O4S/c1-9-12(10(2)20-15-9)21(18,19)14-7-8-16(11(3)17)13(4,5)6/h14H,7-8H2,1-6H3. The molecule has 7 nitrogen and oxygen atoms in total. The zero-order chi connectivity index (χ0) is 16.4. The van der Waals surface area contributed by atoms with E-state index in [0.29, 0.717) is 12.2 Å². The maximum atomic E-state index is 12.2. The predicted molar refractivity (Wildman–Crippen MR) is 78.3 cm³/mol. The third-order valence-electron chi connectivity index (χ3n) is 3.05. The van der Waals surface area contributed by atoms with Gasteiger partial charge in [0, 0.05) is 25.6 Å². The number of carbonyl (C=O) groups is 1. The summed E-state index contributed by atoms with van der Waals surface area (Å²) in [6, 6.07) is 0. The molecule has 1 aromatic heterocycles. The Labute approximate surface area is 125 Å². The molecule has 0 atom stereocenters. The highest BCUT2D eigenvalue weighted by Gasteiger charge is 2.26. The average Bonchev–Trinajstić information content (AvgIpc) is 2.62. The second kappa shape index (κ2) is 6.15. The minimum absolute atomic E-state index is 0.0626. The van der Waals surface area contributed by atoms with Crippen molar-refractivity contribution < 1.29 is 17.7 Å². The van der Waals surface area contributed by atoms with Gasteiger partial charge < -0.3 is 9.42 Å². The van der Waals surface area contributed by atoms with Gasteiger partial charge in [-0.25, -0.2) is 13.1 Å². The van der Waals surface area contributed by atoms with Crippen molar-refractivity contribution in [1.29, 1.82) is 0 Å². The van der Waals surface area contributed by atoms with Gasteiger partial charge in [0.1, 0.15) is 10.6 Å². The van der Waals surface area contributed by atoms with Crippen molar-refractivity contribution in [2.24, 2.45) is 0 Å². The van der Waals surface area contributed by atoms with Gasteiger partial charge in [-0.05, 0) is 34.6 Å². The largest absolute Gasteiger partial charge is 0.360 e. The van der Waals surface area contributed by atoms with Gasteiger partial charge in [-0.15, -0.1) is 0 Å². The molecule has 0 unspecified atom stereocenters. The van der Waals surface area contributed by atoms with Gasteiger partial charge in [-0.1, -0.05) is 5.16 Å². The molecule has 1 rings (SSSR count). The Balaban J connectivity index is 2.78. The second-order valence-electron chi connectivity index (χ2n) is 5.89. The van der Waals surface area contributed by atoms with E-state index >= 15 is 0 Å². The van der Waals surface area contributed by atoms with E-state index in [2.05, 4.69) is 9.88 Å². The van der Waals surface area contributed by atoms with Gasteiger partial charge in [0.05, 0.1) is 0 Å². The average molecular weight is 317 g/mol. The summed E-state index contributed by atoms with van der Waals surface area (Å²) in [6.45, 7) is 10.7. The van der Waals surface area contributed by atoms with Crippen LogP contribution in [0.5, 0.6) is 0 Å². The van der Waals surface area contributed by atoms with Crippen molar-refractivity contribution in [3.05, 3.63) is 11.5 Å². The highest BCUT2D eigenvalue weighted by Crippen LogP contribution is 2.18. The first kappa shape index (κ1) is 17.6. The van der Waals surface area contributed by atoms with Crippen LogP contribution in [0.1, 0.15) is 39.1 Å². The van der Waals surface area contributed by atoms with E-state index < -0.39 is 10.0 Å². The molecule has 0 bridgehead atoms. The summed E-state index contributed by atoms with van der Waals surface area (Å²) in [5.41, 5.74) is -0.0421. The van der Waals surface area contributed by atoms with Crippen LogP contribution in [0.15, 0.2) is 9.42 Å². The van der Waals surface area contributed by atoms with Crippen molar-refractivity contribution in [3.8, 4) is 0 Å². The van der Waals surface area contributed by atoms with E-state index in [1.807, 2.05) is 20.8 Å². The van der Waals surface area contributed by atoms with Crippen LogP contribution in [0.3, 0.4) is 0 Å². The SMILES string of the molecule is CC(=O)N(CCNS(=O)(=O)c1c(C)noc1C)C(C)(C)C. The molecule has 8 heteroatoms. The molecular weight excluding hydrogens is 294 g/mol. The lowest BCUT2D eigenvalue weighted by atomic mass is 10.1. The fourth-order valence-corrected chi connectivity index (χ4v) is 3.53. The Bertz CT molecular complexity index is 594. The summed E-state index contributed by atoms with van der Waals surface area (Å²) in [6.07, 6.45) is 0. The van der Waals surface area contributed by atoms with Crippen molar-refractivity contribution in [3.63, 3.8) is 0 Å². The van der Waals surface area contributed by atoms with Crippen molar-refractivity contribution >= 4 is 15.9 Å². The monoisotopic (exact) mass is 317 g/mol. The highest BCUT2D eigenvalue weighted by atomic mass is 32.2. The molecule has 1 amide bonds. The number of sulfonamides is 1. The van der Waals surface area contributed by atoms with Crippen LogP contribution in [0, 0.1) is 13.8 Å². The van der Waals surface area contributed by atoms with E-state index in [4.69, 9.17) is 4.52 Å². The van der Waals surface area contributed by atoms with Gasteiger partial charge in [0.15, 0.2) is 5.76 Å². The van der Waals surface area contributed by atoms with Gasteiger partial charge in [0.25, 0.3) is 0 Å². The minimum Gasteiger partial charge on any atom is -0.360 e. The molecule has 0 aliphatic rings. The molecule has 0 aliphatic heterocycles. The minimum atomic E-state index is -3.69. The van der Waals surface area contributed by atoms with Crippen LogP contribution in [0.25, 0.3) is 0 Å². The van der Waals surface area contributed by atoms with Crippen LogP contribution in [0.2, 0.25) is 0 Å². The normalized spacial score (nSPS) is 12.5. The number of rotatable bonds is 5. The number of hydrogen-bond acceptors (Lipinski definition) is 5. The molecule has 0 radical (unpaired) electrons. The van der Waals surface area contributed by atoms with Crippen LogP contribution in [-0.2, 0) is 14.8 Å². The summed E-state index contributed by atoms with van der Waals surface area (Å²) < 4.78 is 31.8. The quantitative estimate of drug-likeness (QED) is 0.881. The zero-order valence-electron chi connectivity index (χ0n) is 13.3. The lowest BCUT2D eigenvalue weighted by molar-refractivity contribution is -0.133. The molecule has 0 saturated carbocycles. The van der Waals surface area contributed by atoms with Gasteiger partial charge >= 0.3 is 0 Å². The third kappa shape index (κ3) is 4.28. The number of nitrogens with zero attached hydrogens (tertiary/aromatic N) is 2. The van der Waals surface area contributed by atoms with E-state index in [0.717, 1.165) is 0 Å². The molecule has 1 aromatic rings. The Morgan fingerprint density at radius 3 is 2.29 bits per heavy atom. The van der Waals surface area contributed by atoms with E-state index in [1.54, 1.807) is 18.7 Å². The summed E-state index contributed by atoms with van der Waals surface area (Å²) in [7, 11) is -3.69. The van der Waals surface area contributed by atoms with Crippen LogP contribution in [-0.4, -0.2) is 43.0 Å². The molecule has 0 spiro atoms. The molecule has 0 saturated heterocycles. The molecule has 1 heterocycles. The second-order valence-corrected chi connectivity index (χ2v) is 7.60. The molecule has 0 aromatic carbocycles. The van der Waals surface area contributed by atoms with Crippen LogP contribution < -0.4 is 4.72 Å². The van der Waals surface area contributed by atoms with E-state index in [-0.39, 0.29) is 28.6 Å². The Kier molecular flexibility index (Phi) is 5.16. The van der Waals surface area contributed by atoms with E-state index in [9.17, 15) is 13.2 Å². The summed E-state index contributed by atoms with van der Waals surface area (Å²) in [5, 5.41) is 3.63. The van der Waals surface area contributed by atoms with Gasteiger partial charge in [-0.3, -0.25) is 4.79 Å². The number of hydrogen-bond donors (Lipinski definition) is 1. The van der Waals surface area contributed by atoms with E-state index in [1.165, 1.54) is 6.92 Å². The summed E-state index contributed by atoms with van der Waals surface area (Å²) >= 11 is 0. The molecule has 21 heavy (non-hydrogen) atoms. The van der Waals surface area contributed by atoms with Gasteiger partial charge in [-0.2, -0.15) is 0 Å². The number of aromatic nitrogens is 1. The zero-order valence-corrected chi connectivity index (χ0v) is 14.2. The Hall–Kier alpha value is -1.41. The number of aryl methyl sites for hydroxylation is 2. The van der Waals surface area contributed by atoms with Crippen molar-refractivity contribution in [1.82, 2.24) is 14.8 Å². The topological polar surface area (TPSA) is 92.5 Å². The van der Waals surface area contributed by atoms with Gasteiger partial charge in [0.2, 0.25) is 15.9 Å². The number of nitrogens with one attached hydrogen (secondary N) is 1. The Morgan fingerprint density at radius 2 is 1.90 bits per heavy atom. The molecule has 120 valence electrons.